The quantitative estimate of drug-likeness (QED) is 0.0423. The van der Waals surface area contributed by atoms with Crippen molar-refractivity contribution < 1.29 is 57.2 Å². The number of rotatable bonds is 14. The van der Waals surface area contributed by atoms with Crippen LogP contribution in [0, 0.1) is 57.2 Å². The second-order valence-corrected chi connectivity index (χ2v) is 24.5. The maximum atomic E-state index is 15.5. The van der Waals surface area contributed by atoms with Gasteiger partial charge in [0.25, 0.3) is 0 Å². The molecule has 0 bridgehead atoms. The highest BCUT2D eigenvalue weighted by Gasteiger charge is 2.62. The van der Waals surface area contributed by atoms with Gasteiger partial charge in [0.2, 0.25) is 11.6 Å². The van der Waals surface area contributed by atoms with Gasteiger partial charge in [-0.25, -0.2) is 29.2 Å². The SMILES string of the molecule is N#CC(C#N)=C1/C(=N/c2cc3c(s2)C2=CC4C=C5OC(C(=O)OCc6ccccc6)(C(=O)OCc6ccccc6)c6cc(/N=C7\C(=O)c8ccccc8C7=C(C#N)C#N)sc6C5=CC4C=C2OC3(C(=O)OCc2ccccc2)C(=O)OCc2ccccc2)C(=O)c2ccccc21. The molecular formula is C76H44N6O12S2. The molecule has 6 aliphatic rings. The topological polar surface area (TPSA) is 278 Å². The first-order valence-electron chi connectivity index (χ1n) is 29.8. The summed E-state index contributed by atoms with van der Waals surface area (Å²) in [5.74, 6) is -7.31. The molecule has 2 aromatic heterocycles. The minimum Gasteiger partial charge on any atom is -0.459 e. The van der Waals surface area contributed by atoms with Crippen LogP contribution in [0.1, 0.15) is 75.0 Å². The number of benzene rings is 6. The molecule has 0 amide bonds. The van der Waals surface area contributed by atoms with Gasteiger partial charge in [0.05, 0.1) is 0 Å². The maximum Gasteiger partial charge on any atom is 0.367 e. The Bertz CT molecular complexity index is 4680. The van der Waals surface area contributed by atoms with Crippen molar-refractivity contribution in [2.24, 2.45) is 21.8 Å². The predicted octanol–water partition coefficient (Wildman–Crippen LogP) is 13.3. The zero-order chi connectivity index (χ0) is 66.2. The monoisotopic (exact) mass is 1300 g/mol. The molecule has 2 unspecified atom stereocenters. The largest absolute Gasteiger partial charge is 0.459 e. The summed E-state index contributed by atoms with van der Waals surface area (Å²) in [6.45, 7) is -1.23. The first-order valence-corrected chi connectivity index (χ1v) is 31.4. The Morgan fingerprint density at radius 1 is 0.417 bits per heavy atom. The van der Waals surface area contributed by atoms with Crippen molar-refractivity contribution in [3.63, 3.8) is 0 Å². The number of hydrogen-bond donors (Lipinski definition) is 0. The van der Waals surface area contributed by atoms with E-state index in [4.69, 9.17) is 38.4 Å². The van der Waals surface area contributed by atoms with Crippen molar-refractivity contribution in [3.8, 4) is 24.3 Å². The summed E-state index contributed by atoms with van der Waals surface area (Å²) < 4.78 is 38.2. The van der Waals surface area contributed by atoms with E-state index in [0.29, 0.717) is 44.5 Å². The third-order valence-corrected chi connectivity index (χ3v) is 18.9. The Morgan fingerprint density at radius 2 is 0.708 bits per heavy atom. The molecule has 8 aromatic rings. The highest BCUT2D eigenvalue weighted by molar-refractivity contribution is 7.17. The number of nitriles is 4. The number of carbonyl (C=O) groups excluding carboxylic acids is 6. The van der Waals surface area contributed by atoms with Crippen molar-refractivity contribution in [3.05, 3.63) is 294 Å². The molecule has 0 N–H and O–H groups in total. The van der Waals surface area contributed by atoms with E-state index in [2.05, 4.69) is 0 Å². The number of ketones is 2. The fraction of sp³-hybridized carbons (Fsp3) is 0.105. The van der Waals surface area contributed by atoms with Crippen LogP contribution in [0.25, 0.3) is 22.3 Å². The number of Topliss-reactive ketones (excluding diaryl/α,β-unsaturated/α-hetero) is 2. The van der Waals surface area contributed by atoms with Gasteiger partial charge in [0.1, 0.15) is 94.8 Å². The molecule has 96 heavy (non-hydrogen) atoms. The molecule has 0 saturated heterocycles. The van der Waals surface area contributed by atoms with E-state index in [9.17, 15) is 30.6 Å². The summed E-state index contributed by atoms with van der Waals surface area (Å²) in [6, 6.07) is 58.4. The van der Waals surface area contributed by atoms with E-state index in [1.54, 1.807) is 194 Å². The molecule has 2 atom stereocenters. The average molecular weight is 1300 g/mol. The number of thiophene rings is 2. The van der Waals surface area contributed by atoms with Crippen molar-refractivity contribution in [2.45, 2.75) is 37.6 Å². The Kier molecular flexibility index (Phi) is 15.9. The summed E-state index contributed by atoms with van der Waals surface area (Å²) in [6.07, 6.45) is 6.97. The number of aliphatic imine (C=N–C) groups is 2. The Labute approximate surface area is 555 Å². The van der Waals surface area contributed by atoms with Gasteiger partial charge >= 0.3 is 35.1 Å². The molecule has 4 aliphatic carbocycles. The third-order valence-electron chi connectivity index (χ3n) is 16.8. The van der Waals surface area contributed by atoms with Gasteiger partial charge in [-0.2, -0.15) is 21.0 Å². The smallest absolute Gasteiger partial charge is 0.367 e. The second kappa shape index (κ2) is 25.1. The fourth-order valence-corrected chi connectivity index (χ4v) is 14.5. The number of carbonyl (C=O) groups is 6. The summed E-state index contributed by atoms with van der Waals surface area (Å²) in [5.41, 5.74) is -2.90. The highest BCUT2D eigenvalue weighted by atomic mass is 32.1. The summed E-state index contributed by atoms with van der Waals surface area (Å²) in [7, 11) is 0. The van der Waals surface area contributed by atoms with Crippen LogP contribution in [-0.4, -0.2) is 46.9 Å². The van der Waals surface area contributed by atoms with E-state index >= 15 is 19.2 Å². The van der Waals surface area contributed by atoms with Crippen molar-refractivity contribution >= 4 is 102 Å². The molecular weight excluding hydrogens is 1250 g/mol. The summed E-state index contributed by atoms with van der Waals surface area (Å²) >= 11 is 1.94. The molecule has 18 nitrogen and oxygen atoms in total. The number of esters is 4. The Balaban J connectivity index is 0.953. The van der Waals surface area contributed by atoms with E-state index in [0.717, 1.165) is 22.7 Å². The first-order chi connectivity index (χ1) is 46.8. The van der Waals surface area contributed by atoms with Crippen LogP contribution in [0.15, 0.2) is 239 Å². The molecule has 0 saturated carbocycles. The van der Waals surface area contributed by atoms with Crippen LogP contribution >= 0.6 is 22.7 Å². The van der Waals surface area contributed by atoms with Gasteiger partial charge in [-0.3, -0.25) is 9.59 Å². The lowest BCUT2D eigenvalue weighted by molar-refractivity contribution is -0.191. The van der Waals surface area contributed by atoms with Gasteiger partial charge in [0, 0.05) is 66.1 Å². The summed E-state index contributed by atoms with van der Waals surface area (Å²) in [5, 5.41) is 41.1. The van der Waals surface area contributed by atoms with Crippen LogP contribution in [0.2, 0.25) is 0 Å². The van der Waals surface area contributed by atoms with Crippen LogP contribution in [-0.2, 0) is 85.2 Å². The number of allylic oxidation sites excluding steroid dienone is 10. The average Bonchev–Trinajstić information content (AvgIpc) is 0.859. The Morgan fingerprint density at radius 3 is 1.01 bits per heavy atom. The van der Waals surface area contributed by atoms with Crippen molar-refractivity contribution in [2.75, 3.05) is 0 Å². The van der Waals surface area contributed by atoms with E-state index in [1.165, 1.54) is 12.1 Å². The van der Waals surface area contributed by atoms with Gasteiger partial charge < -0.3 is 28.4 Å². The lowest BCUT2D eigenvalue weighted by Gasteiger charge is -2.41. The highest BCUT2D eigenvalue weighted by Crippen LogP contribution is 2.58. The maximum absolute atomic E-state index is 15.5. The normalized spacial score (nSPS) is 17.7. The molecule has 0 radical (unpaired) electrons. The van der Waals surface area contributed by atoms with E-state index < -0.39 is 58.5 Å². The van der Waals surface area contributed by atoms with Crippen molar-refractivity contribution in [1.29, 1.82) is 21.0 Å². The second-order valence-electron chi connectivity index (χ2n) is 22.5. The third kappa shape index (κ3) is 10.5. The minimum atomic E-state index is -2.73. The zero-order valence-corrected chi connectivity index (χ0v) is 51.6. The van der Waals surface area contributed by atoms with Crippen LogP contribution < -0.4 is 0 Å². The molecule has 4 heterocycles. The van der Waals surface area contributed by atoms with Gasteiger partial charge in [-0.05, 0) is 57.7 Å². The predicted molar refractivity (Wildman–Crippen MR) is 350 cm³/mol. The lowest BCUT2D eigenvalue weighted by Crippen LogP contribution is -2.51. The number of ether oxygens (including phenoxy) is 6. The molecule has 20 heteroatoms. The number of hydrogen-bond acceptors (Lipinski definition) is 20. The molecule has 0 spiro atoms. The molecule has 0 fully saturated rings. The van der Waals surface area contributed by atoms with Gasteiger partial charge in [0.15, 0.2) is 0 Å². The van der Waals surface area contributed by atoms with Crippen molar-refractivity contribution in [1.82, 2.24) is 0 Å². The van der Waals surface area contributed by atoms with E-state index in [1.807, 2.05) is 24.3 Å². The van der Waals surface area contributed by atoms with Crippen LogP contribution in [0.5, 0.6) is 0 Å². The summed E-state index contributed by atoms with van der Waals surface area (Å²) in [4.78, 5) is 101. The van der Waals surface area contributed by atoms with Gasteiger partial charge in [-0.15, -0.1) is 22.7 Å². The standard InChI is InChI=1S/C76H44N6O12S2/c77-35-49(36-78)63-51-25-13-15-27-53(51)67(83)65(63)81-61-33-57-69(95-61)55-29-48-32-60-56(30-47(48)31-59(55)93-75(57,71(85)89-39-43-17-5-1-6-18-43)72(86)90-40-44-19-7-2-8-20-44)70-58(34-62(96-70)82-66-64(50(37-79)38-80)52-26-14-16-28-54(52)68(66)84)76(94-60,73(87)91-41-45-21-9-3-10-22-45)74(88)92-42-46-23-11-4-12-24-46/h1-34,47-48H,39-42H2/b81-65-,82-66-. The fourth-order valence-electron chi connectivity index (χ4n) is 12.2. The number of nitrogens with zero attached hydrogens (tertiary/aromatic N) is 6. The zero-order valence-electron chi connectivity index (χ0n) is 50.0. The molecule has 6 aromatic carbocycles. The minimum absolute atomic E-state index is 0.00744. The van der Waals surface area contributed by atoms with Crippen LogP contribution in [0.4, 0.5) is 10.0 Å². The first kappa shape index (κ1) is 60.8. The molecule has 2 aliphatic heterocycles. The van der Waals surface area contributed by atoms with E-state index in [-0.39, 0.29) is 114 Å². The number of fused-ring (bicyclic) bond motifs is 9. The Hall–Kier alpha value is -12.7. The van der Waals surface area contributed by atoms with Gasteiger partial charge in [-0.1, -0.05) is 182 Å². The molecule has 462 valence electrons. The molecule has 14 rings (SSSR count). The lowest BCUT2D eigenvalue weighted by atomic mass is 9.75. The van der Waals surface area contributed by atoms with Crippen LogP contribution in [0.3, 0.4) is 0 Å².